The van der Waals surface area contributed by atoms with Gasteiger partial charge < -0.3 is 18.9 Å². The Bertz CT molecular complexity index is 1430. The van der Waals surface area contributed by atoms with Gasteiger partial charge in [-0.2, -0.15) is 0 Å². The van der Waals surface area contributed by atoms with E-state index >= 15 is 0 Å². The Hall–Kier alpha value is -1.51. The van der Waals surface area contributed by atoms with Crippen LogP contribution in [0.1, 0.15) is 373 Å². The zero-order valence-corrected chi connectivity index (χ0v) is 56.4. The van der Waals surface area contributed by atoms with E-state index in [0.717, 1.165) is 38.5 Å². The van der Waals surface area contributed by atoms with Gasteiger partial charge in [0.05, 0.1) is 27.7 Å². The predicted octanol–water partition coefficient (Wildman–Crippen LogP) is 23.3. The lowest BCUT2D eigenvalue weighted by Gasteiger charge is -2.24. The van der Waals surface area contributed by atoms with Crippen molar-refractivity contribution in [3.05, 3.63) is 24.3 Å². The second-order valence-electron chi connectivity index (χ2n) is 26.0. The van der Waals surface area contributed by atoms with Gasteiger partial charge >= 0.3 is 19.8 Å². The van der Waals surface area contributed by atoms with Gasteiger partial charge in [0.2, 0.25) is 0 Å². The first kappa shape index (κ1) is 80.5. The molecule has 0 bridgehead atoms. The van der Waals surface area contributed by atoms with Crippen molar-refractivity contribution < 1.29 is 42.1 Å². The van der Waals surface area contributed by atoms with E-state index in [4.69, 9.17) is 18.5 Å². The van der Waals surface area contributed by atoms with Gasteiger partial charge in [-0.05, 0) is 44.9 Å². The highest BCUT2D eigenvalue weighted by Crippen LogP contribution is 2.43. The van der Waals surface area contributed by atoms with Crippen molar-refractivity contribution in [1.82, 2.24) is 0 Å². The molecule has 0 aromatic heterocycles. The summed E-state index contributed by atoms with van der Waals surface area (Å²) in [4.78, 5) is 35.9. The summed E-state index contributed by atoms with van der Waals surface area (Å²) < 4.78 is 34.7. The molecule has 0 rings (SSSR count). The Kier molecular flexibility index (Phi) is 62.8. The maximum Gasteiger partial charge on any atom is 0.472 e. The quantitative estimate of drug-likeness (QED) is 0.0211. The summed E-state index contributed by atoms with van der Waals surface area (Å²) in [5.41, 5.74) is 0. The fourth-order valence-corrected chi connectivity index (χ4v) is 11.7. The number of allylic oxidation sites excluding steroid dienone is 4. The summed E-state index contributed by atoms with van der Waals surface area (Å²) >= 11 is 0. The SMILES string of the molecule is CCCCCCC/C=C\C/C=C\CCCCCCCCCCCCCC(=O)OC(COC(=O)CCCCCCCCCCCCCCCCCCCCCCCCCCCCCCCCCCCCC)COP(=O)(O)OCC[N+](C)(C)C. The average Bonchev–Trinajstić information content (AvgIpc) is 3.46. The zero-order valence-electron chi connectivity index (χ0n) is 55.5. The molecule has 0 saturated heterocycles. The Morgan fingerprint density at radius 3 is 0.963 bits per heavy atom. The lowest BCUT2D eigenvalue weighted by atomic mass is 10.0. The monoisotopic (exact) mass is 1180 g/mol. The molecule has 10 heteroatoms. The molecular weight excluding hydrogens is 1040 g/mol. The van der Waals surface area contributed by atoms with Crippen molar-refractivity contribution in [3.8, 4) is 0 Å². The van der Waals surface area contributed by atoms with Crippen LogP contribution in [0.3, 0.4) is 0 Å². The zero-order chi connectivity index (χ0) is 59.8. The van der Waals surface area contributed by atoms with E-state index in [-0.39, 0.29) is 25.6 Å². The fraction of sp³-hybridized carbons (Fsp3) is 0.917. The number of hydrogen-bond acceptors (Lipinski definition) is 7. The number of esters is 2. The van der Waals surface area contributed by atoms with Crippen LogP contribution >= 0.6 is 7.82 Å². The molecule has 2 unspecified atom stereocenters. The first-order valence-corrected chi connectivity index (χ1v) is 37.6. The molecule has 0 aliphatic heterocycles. The number of ether oxygens (including phenoxy) is 2. The summed E-state index contributed by atoms with van der Waals surface area (Å²) in [6.07, 6.45) is 80.2. The molecular formula is C72H141NO8P+. The van der Waals surface area contributed by atoms with Gasteiger partial charge in [-0.1, -0.05) is 340 Å². The highest BCUT2D eigenvalue weighted by atomic mass is 31.2. The van der Waals surface area contributed by atoms with Crippen LogP contribution in [0.5, 0.6) is 0 Å². The third-order valence-electron chi connectivity index (χ3n) is 16.5. The van der Waals surface area contributed by atoms with Gasteiger partial charge in [0.15, 0.2) is 6.10 Å². The minimum Gasteiger partial charge on any atom is -0.462 e. The standard InChI is InChI=1S/C72H140NO8P/c1-6-8-10-12-14-16-18-20-22-24-26-28-30-31-32-33-34-35-36-37-38-39-40-41-43-44-46-48-50-52-54-56-58-60-62-64-71(74)78-68-70(69-80-82(76,77)79-67-66-73(3,4)5)81-72(75)65-63-61-59-57-55-53-51-49-47-45-42-29-27-25-23-21-19-17-15-13-11-9-7-2/h19,21,25,27,70H,6-18,20,22-24,26,28-69H2,1-5H3/p+1/b21-19-,27-25-. The van der Waals surface area contributed by atoms with Crippen LogP contribution in [0.2, 0.25) is 0 Å². The van der Waals surface area contributed by atoms with Gasteiger partial charge in [-0.15, -0.1) is 0 Å². The topological polar surface area (TPSA) is 108 Å². The van der Waals surface area contributed by atoms with Crippen molar-refractivity contribution in [3.63, 3.8) is 0 Å². The number of rotatable bonds is 68. The van der Waals surface area contributed by atoms with Crippen LogP contribution in [0.4, 0.5) is 0 Å². The van der Waals surface area contributed by atoms with Gasteiger partial charge in [-0.25, -0.2) is 4.57 Å². The van der Waals surface area contributed by atoms with Crippen LogP contribution in [0.15, 0.2) is 24.3 Å². The van der Waals surface area contributed by atoms with Gasteiger partial charge in [-0.3, -0.25) is 18.6 Å². The summed E-state index contributed by atoms with van der Waals surface area (Å²) in [6.45, 7) is 4.50. The van der Waals surface area contributed by atoms with Crippen LogP contribution in [-0.2, 0) is 32.7 Å². The van der Waals surface area contributed by atoms with Crippen molar-refractivity contribution in [2.24, 2.45) is 0 Å². The molecule has 0 amide bonds. The summed E-state index contributed by atoms with van der Waals surface area (Å²) in [5, 5.41) is 0. The number of nitrogens with zero attached hydrogens (tertiary/aromatic N) is 1. The molecule has 0 spiro atoms. The highest BCUT2D eigenvalue weighted by molar-refractivity contribution is 7.47. The molecule has 0 aliphatic carbocycles. The van der Waals surface area contributed by atoms with E-state index < -0.39 is 26.5 Å². The minimum absolute atomic E-state index is 0.0342. The number of phosphoric ester groups is 1. The van der Waals surface area contributed by atoms with Crippen molar-refractivity contribution in [2.75, 3.05) is 47.5 Å². The second kappa shape index (κ2) is 64.0. The number of hydrogen-bond donors (Lipinski definition) is 1. The van der Waals surface area contributed by atoms with Crippen molar-refractivity contribution in [2.45, 2.75) is 380 Å². The molecule has 0 saturated carbocycles. The van der Waals surface area contributed by atoms with E-state index in [1.807, 2.05) is 21.1 Å². The highest BCUT2D eigenvalue weighted by Gasteiger charge is 2.27. The van der Waals surface area contributed by atoms with E-state index in [1.165, 1.54) is 302 Å². The van der Waals surface area contributed by atoms with Crippen LogP contribution in [0, 0.1) is 0 Å². The number of carbonyl (C=O) groups excluding carboxylic acids is 2. The molecule has 0 aliphatic rings. The second-order valence-corrected chi connectivity index (χ2v) is 27.4. The molecule has 0 fully saturated rings. The molecule has 2 atom stereocenters. The molecule has 82 heavy (non-hydrogen) atoms. The molecule has 0 aromatic carbocycles. The summed E-state index contributed by atoms with van der Waals surface area (Å²) in [5.74, 6) is -0.778. The maximum absolute atomic E-state index is 12.9. The van der Waals surface area contributed by atoms with Gasteiger partial charge in [0.1, 0.15) is 19.8 Å². The van der Waals surface area contributed by atoms with Crippen LogP contribution in [0.25, 0.3) is 0 Å². The van der Waals surface area contributed by atoms with E-state index in [1.54, 1.807) is 0 Å². The van der Waals surface area contributed by atoms with Gasteiger partial charge in [0.25, 0.3) is 0 Å². The van der Waals surface area contributed by atoms with E-state index in [2.05, 4.69) is 38.2 Å². The number of phosphoric acid groups is 1. The molecule has 0 radical (unpaired) electrons. The van der Waals surface area contributed by atoms with E-state index in [0.29, 0.717) is 23.9 Å². The lowest BCUT2D eigenvalue weighted by molar-refractivity contribution is -0.870. The average molecular weight is 1180 g/mol. The Labute approximate surface area is 510 Å². The maximum atomic E-state index is 12.9. The minimum atomic E-state index is -4.39. The number of quaternary nitrogens is 1. The van der Waals surface area contributed by atoms with Crippen LogP contribution in [-0.4, -0.2) is 74.9 Å². The molecule has 9 nitrogen and oxygen atoms in total. The Balaban J connectivity index is 3.93. The number of carbonyl (C=O) groups is 2. The molecule has 0 aromatic rings. The van der Waals surface area contributed by atoms with Gasteiger partial charge in [0, 0.05) is 12.8 Å². The summed E-state index contributed by atoms with van der Waals surface area (Å²) in [7, 11) is 1.50. The lowest BCUT2D eigenvalue weighted by Crippen LogP contribution is -2.37. The first-order valence-electron chi connectivity index (χ1n) is 36.1. The largest absolute Gasteiger partial charge is 0.472 e. The first-order chi connectivity index (χ1) is 40.0. The number of likely N-dealkylation sites (N-methyl/N-ethyl adjacent to an activating group) is 1. The van der Waals surface area contributed by atoms with Crippen molar-refractivity contribution in [1.29, 1.82) is 0 Å². The molecule has 0 heterocycles. The Morgan fingerprint density at radius 2 is 0.659 bits per heavy atom. The number of unbranched alkanes of at least 4 members (excludes halogenated alkanes) is 50. The predicted molar refractivity (Wildman–Crippen MR) is 354 cm³/mol. The molecule has 1 N–H and O–H groups in total. The third kappa shape index (κ3) is 67.6. The Morgan fingerprint density at radius 1 is 0.378 bits per heavy atom. The summed E-state index contributed by atoms with van der Waals surface area (Å²) in [6, 6.07) is 0. The smallest absolute Gasteiger partial charge is 0.462 e. The fourth-order valence-electron chi connectivity index (χ4n) is 10.9. The third-order valence-corrected chi connectivity index (χ3v) is 17.5. The normalized spacial score (nSPS) is 13.2. The van der Waals surface area contributed by atoms with E-state index in [9.17, 15) is 19.0 Å². The van der Waals surface area contributed by atoms with Crippen molar-refractivity contribution >= 4 is 19.8 Å². The molecule has 486 valence electrons. The van der Waals surface area contributed by atoms with Crippen LogP contribution < -0.4 is 0 Å².